The number of carbonyl (C=O) groups excluding carboxylic acids is 1. The number of amidine groups is 1. The predicted molar refractivity (Wildman–Crippen MR) is 118 cm³/mol. The fraction of sp³-hybridized carbons (Fsp3) is 0.364. The second-order valence-corrected chi connectivity index (χ2v) is 9.40. The number of amides is 1. The van der Waals surface area contributed by atoms with Gasteiger partial charge in [-0.25, -0.2) is 4.99 Å². The Labute approximate surface area is 174 Å². The predicted octanol–water partition coefficient (Wildman–Crippen LogP) is 5.51. The summed E-state index contributed by atoms with van der Waals surface area (Å²) in [4.78, 5) is 20.3. The Balaban J connectivity index is 2.19. The van der Waals surface area contributed by atoms with Crippen LogP contribution in [-0.2, 0) is 15.7 Å². The molecule has 1 aliphatic rings. The second-order valence-electron chi connectivity index (χ2n) is 7.71. The van der Waals surface area contributed by atoms with E-state index in [1.807, 2.05) is 37.6 Å². The molecule has 5 heteroatoms. The average Bonchev–Trinajstić information content (AvgIpc) is 2.89. The van der Waals surface area contributed by atoms with E-state index in [4.69, 9.17) is 4.99 Å². The third kappa shape index (κ3) is 3.59. The number of nitrogens with zero attached hydrogens (tertiary/aromatic N) is 2. The van der Waals surface area contributed by atoms with Gasteiger partial charge < -0.3 is 0 Å². The van der Waals surface area contributed by atoms with E-state index in [1.165, 1.54) is 17.3 Å². The number of hydrogen-bond donors (Lipinski definition) is 0. The zero-order valence-electron chi connectivity index (χ0n) is 16.4. The molecule has 0 saturated carbocycles. The molecule has 0 unspecified atom stereocenters. The van der Waals surface area contributed by atoms with E-state index < -0.39 is 5.54 Å². The van der Waals surface area contributed by atoms with E-state index in [1.54, 1.807) is 4.90 Å². The maximum Gasteiger partial charge on any atom is 0.260 e. The Morgan fingerprint density at radius 1 is 1.19 bits per heavy atom. The van der Waals surface area contributed by atoms with Crippen molar-refractivity contribution in [3.8, 4) is 0 Å². The van der Waals surface area contributed by atoms with Crippen molar-refractivity contribution >= 4 is 38.8 Å². The summed E-state index contributed by atoms with van der Waals surface area (Å²) in [5, 5.41) is 0.767. The van der Waals surface area contributed by atoms with Crippen molar-refractivity contribution in [3.05, 3.63) is 69.7 Å². The summed E-state index contributed by atoms with van der Waals surface area (Å²) in [5.41, 5.74) is 2.13. The summed E-state index contributed by atoms with van der Waals surface area (Å²) in [6.07, 6.45) is 2.57. The normalized spacial score (nSPS) is 20.1. The molecule has 3 rings (SSSR count). The van der Waals surface area contributed by atoms with E-state index in [-0.39, 0.29) is 11.3 Å². The molecule has 2 aromatic carbocycles. The van der Waals surface area contributed by atoms with E-state index in [0.29, 0.717) is 6.42 Å². The summed E-state index contributed by atoms with van der Waals surface area (Å²) in [6.45, 7) is 6.44. The lowest BCUT2D eigenvalue weighted by molar-refractivity contribution is -0.131. The smallest absolute Gasteiger partial charge is 0.260 e. The lowest BCUT2D eigenvalue weighted by Gasteiger charge is -2.36. The van der Waals surface area contributed by atoms with Gasteiger partial charge in [0.15, 0.2) is 10.7 Å². The van der Waals surface area contributed by atoms with Crippen LogP contribution >= 0.6 is 27.7 Å². The lowest BCUT2D eigenvalue weighted by atomic mass is 9.70. The quantitative estimate of drug-likeness (QED) is 0.622. The lowest BCUT2D eigenvalue weighted by Crippen LogP contribution is -2.43. The third-order valence-corrected chi connectivity index (χ3v) is 6.54. The minimum atomic E-state index is -0.916. The number of carbonyl (C=O) groups is 1. The molecule has 0 aromatic heterocycles. The highest BCUT2D eigenvalue weighted by Gasteiger charge is 2.51. The van der Waals surface area contributed by atoms with Crippen LogP contribution in [0.15, 0.2) is 58.0 Å². The molecule has 0 radical (unpaired) electrons. The maximum absolute atomic E-state index is 13.6. The molecule has 1 atom stereocenters. The molecule has 0 saturated heterocycles. The summed E-state index contributed by atoms with van der Waals surface area (Å²) in [7, 11) is 1.82. The van der Waals surface area contributed by atoms with Gasteiger partial charge in [-0.1, -0.05) is 77.9 Å². The van der Waals surface area contributed by atoms with Crippen LogP contribution in [0.4, 0.5) is 0 Å². The molecule has 0 spiro atoms. The van der Waals surface area contributed by atoms with Crippen LogP contribution in [0.3, 0.4) is 0 Å². The van der Waals surface area contributed by atoms with Gasteiger partial charge in [-0.15, -0.1) is 0 Å². The van der Waals surface area contributed by atoms with Crippen molar-refractivity contribution < 1.29 is 4.79 Å². The minimum absolute atomic E-state index is 0.0389. The highest BCUT2D eigenvalue weighted by Crippen LogP contribution is 2.46. The van der Waals surface area contributed by atoms with Crippen molar-refractivity contribution in [1.82, 2.24) is 4.90 Å². The first kappa shape index (κ1) is 20.2. The minimum Gasteiger partial charge on any atom is -0.292 e. The Morgan fingerprint density at radius 2 is 1.85 bits per heavy atom. The first-order valence-electron chi connectivity index (χ1n) is 8.95. The fourth-order valence-corrected chi connectivity index (χ4v) is 4.85. The molecule has 1 aliphatic heterocycles. The van der Waals surface area contributed by atoms with E-state index in [2.05, 4.69) is 61.0 Å². The molecular weight excluding hydrogens is 420 g/mol. The molecule has 1 heterocycles. The summed E-state index contributed by atoms with van der Waals surface area (Å²) in [5.74, 6) is 0.0389. The molecule has 0 N–H and O–H groups in total. The topological polar surface area (TPSA) is 32.7 Å². The molecule has 27 heavy (non-hydrogen) atoms. The summed E-state index contributed by atoms with van der Waals surface area (Å²) < 4.78 is 0.961. The molecule has 1 amide bonds. The van der Waals surface area contributed by atoms with Crippen molar-refractivity contribution in [1.29, 1.82) is 0 Å². The van der Waals surface area contributed by atoms with E-state index in [0.717, 1.165) is 20.8 Å². The number of thioether (sulfide) groups is 1. The second kappa shape index (κ2) is 7.44. The number of rotatable bonds is 4. The van der Waals surface area contributed by atoms with Crippen LogP contribution in [0, 0.1) is 6.92 Å². The fourth-order valence-electron chi connectivity index (χ4n) is 3.89. The highest BCUT2D eigenvalue weighted by molar-refractivity contribution is 9.10. The third-order valence-electron chi connectivity index (χ3n) is 5.31. The van der Waals surface area contributed by atoms with Gasteiger partial charge in [0.05, 0.1) is 0 Å². The Hall–Kier alpha value is -1.59. The number of likely N-dealkylation sites (N-methyl/N-ethyl adjacent to an activating group) is 1. The molecule has 0 bridgehead atoms. The van der Waals surface area contributed by atoms with E-state index >= 15 is 0 Å². The molecule has 3 nitrogen and oxygen atoms in total. The molecular formula is C22H25BrN2OS. The van der Waals surface area contributed by atoms with Crippen molar-refractivity contribution in [2.45, 2.75) is 38.1 Å². The molecule has 0 aliphatic carbocycles. The van der Waals surface area contributed by atoms with Crippen LogP contribution < -0.4 is 0 Å². The van der Waals surface area contributed by atoms with Gasteiger partial charge in [0.1, 0.15) is 0 Å². The Kier molecular flexibility index (Phi) is 5.55. The number of aliphatic imine (C=N–C) groups is 1. The standard InChI is InChI=1S/C22H25BrN2OS/c1-15-11-12-17(23)13-18(15)22(19(26)25(4)20(24-22)27-5)14-21(2,3)16-9-7-6-8-10-16/h6-13H,14H2,1-5H3/t22-/m0/s1. The molecule has 2 aromatic rings. The first-order chi connectivity index (χ1) is 12.7. The molecule has 142 valence electrons. The number of benzene rings is 2. The monoisotopic (exact) mass is 444 g/mol. The SMILES string of the molecule is CSC1=N[C@@](CC(C)(C)c2ccccc2)(c2cc(Br)ccc2C)C(=O)N1C. The first-order valence-corrected chi connectivity index (χ1v) is 11.0. The summed E-state index contributed by atoms with van der Waals surface area (Å²) >= 11 is 5.10. The number of halogens is 1. The average molecular weight is 445 g/mol. The van der Waals surface area contributed by atoms with Crippen LogP contribution in [-0.4, -0.2) is 29.3 Å². The number of aryl methyl sites for hydroxylation is 1. The van der Waals surface area contributed by atoms with Gasteiger partial charge in [-0.2, -0.15) is 0 Å². The summed E-state index contributed by atoms with van der Waals surface area (Å²) in [6, 6.07) is 16.5. The number of hydrogen-bond acceptors (Lipinski definition) is 3. The van der Waals surface area contributed by atoms with Gasteiger partial charge >= 0.3 is 0 Å². The van der Waals surface area contributed by atoms with Crippen molar-refractivity contribution in [2.24, 2.45) is 4.99 Å². The van der Waals surface area contributed by atoms with Crippen molar-refractivity contribution in [3.63, 3.8) is 0 Å². The maximum atomic E-state index is 13.6. The van der Waals surface area contributed by atoms with Crippen LogP contribution in [0.5, 0.6) is 0 Å². The zero-order chi connectivity index (χ0) is 19.8. The van der Waals surface area contributed by atoms with Crippen molar-refractivity contribution in [2.75, 3.05) is 13.3 Å². The Morgan fingerprint density at radius 3 is 2.44 bits per heavy atom. The zero-order valence-corrected chi connectivity index (χ0v) is 18.8. The van der Waals surface area contributed by atoms with Gasteiger partial charge in [0, 0.05) is 11.5 Å². The van der Waals surface area contributed by atoms with Crippen LogP contribution in [0.2, 0.25) is 0 Å². The van der Waals surface area contributed by atoms with Crippen LogP contribution in [0.1, 0.15) is 37.0 Å². The van der Waals surface area contributed by atoms with E-state index in [9.17, 15) is 4.79 Å². The Bertz CT molecular complexity index is 894. The highest BCUT2D eigenvalue weighted by atomic mass is 79.9. The van der Waals surface area contributed by atoms with Gasteiger partial charge in [-0.05, 0) is 53.8 Å². The van der Waals surface area contributed by atoms with Crippen LogP contribution in [0.25, 0.3) is 0 Å². The van der Waals surface area contributed by atoms with Gasteiger partial charge in [0.25, 0.3) is 5.91 Å². The largest absolute Gasteiger partial charge is 0.292 e. The molecule has 0 fully saturated rings. The van der Waals surface area contributed by atoms with Gasteiger partial charge in [-0.3, -0.25) is 9.69 Å². The van der Waals surface area contributed by atoms with Gasteiger partial charge in [0.2, 0.25) is 0 Å².